The van der Waals surface area contributed by atoms with Gasteiger partial charge in [0.25, 0.3) is 0 Å². The summed E-state index contributed by atoms with van der Waals surface area (Å²) < 4.78 is 6.20. The molecule has 0 amide bonds. The standard InChI is InChI=1S/C14H22BrNO/c1-4-5-6-7-11(2)16-12-8-9-14(17-3)13(15)10-12/h8-11,16H,4-7H2,1-3H3. The number of nitrogens with one attached hydrogen (secondary N) is 1. The molecule has 0 aliphatic carbocycles. The van der Waals surface area contributed by atoms with Crippen LogP contribution in [-0.4, -0.2) is 13.2 Å². The van der Waals surface area contributed by atoms with Crippen LogP contribution in [0.1, 0.15) is 39.5 Å². The molecule has 96 valence electrons. The van der Waals surface area contributed by atoms with Crippen LogP contribution in [0.25, 0.3) is 0 Å². The van der Waals surface area contributed by atoms with Crippen molar-refractivity contribution in [2.24, 2.45) is 0 Å². The van der Waals surface area contributed by atoms with Crippen LogP contribution in [0.5, 0.6) is 5.75 Å². The summed E-state index contributed by atoms with van der Waals surface area (Å²) in [7, 11) is 1.68. The van der Waals surface area contributed by atoms with Gasteiger partial charge in [-0.05, 0) is 47.5 Å². The van der Waals surface area contributed by atoms with E-state index in [2.05, 4.69) is 47.2 Å². The molecular formula is C14H22BrNO. The van der Waals surface area contributed by atoms with E-state index in [0.717, 1.165) is 15.9 Å². The Kier molecular flexibility index (Phi) is 6.41. The molecule has 1 atom stereocenters. The molecule has 0 bridgehead atoms. The van der Waals surface area contributed by atoms with Crippen LogP contribution in [0.15, 0.2) is 22.7 Å². The zero-order chi connectivity index (χ0) is 12.7. The molecule has 1 rings (SSSR count). The highest BCUT2D eigenvalue weighted by atomic mass is 79.9. The summed E-state index contributed by atoms with van der Waals surface area (Å²) in [5.74, 6) is 0.870. The van der Waals surface area contributed by atoms with Crippen molar-refractivity contribution < 1.29 is 4.74 Å². The predicted octanol–water partition coefficient (Wildman–Crippen LogP) is 4.84. The third-order valence-electron chi connectivity index (χ3n) is 2.81. The second-order valence-electron chi connectivity index (χ2n) is 4.39. The molecule has 0 saturated heterocycles. The van der Waals surface area contributed by atoms with Crippen LogP contribution in [0.4, 0.5) is 5.69 Å². The minimum atomic E-state index is 0.516. The SMILES string of the molecule is CCCCCC(C)Nc1ccc(OC)c(Br)c1. The first-order valence-corrected chi connectivity index (χ1v) is 7.06. The number of benzene rings is 1. The molecule has 1 unspecified atom stereocenters. The molecule has 0 heterocycles. The number of methoxy groups -OCH3 is 1. The van der Waals surface area contributed by atoms with Gasteiger partial charge in [-0.25, -0.2) is 0 Å². The Morgan fingerprint density at radius 2 is 2.12 bits per heavy atom. The smallest absolute Gasteiger partial charge is 0.133 e. The van der Waals surface area contributed by atoms with Gasteiger partial charge < -0.3 is 10.1 Å². The fraction of sp³-hybridized carbons (Fsp3) is 0.571. The highest BCUT2D eigenvalue weighted by Crippen LogP contribution is 2.28. The zero-order valence-electron chi connectivity index (χ0n) is 10.9. The summed E-state index contributed by atoms with van der Waals surface area (Å²) >= 11 is 3.50. The topological polar surface area (TPSA) is 21.3 Å². The van der Waals surface area contributed by atoms with Crippen LogP contribution in [0, 0.1) is 0 Å². The van der Waals surface area contributed by atoms with E-state index in [1.165, 1.54) is 25.7 Å². The molecule has 2 nitrogen and oxygen atoms in total. The quantitative estimate of drug-likeness (QED) is 0.728. The molecule has 0 fully saturated rings. The Labute approximate surface area is 113 Å². The maximum atomic E-state index is 5.21. The van der Waals surface area contributed by atoms with Gasteiger partial charge in [-0.1, -0.05) is 26.2 Å². The van der Waals surface area contributed by atoms with Crippen molar-refractivity contribution in [2.45, 2.75) is 45.6 Å². The predicted molar refractivity (Wildman–Crippen MR) is 77.9 cm³/mol. The molecule has 1 aromatic carbocycles. The van der Waals surface area contributed by atoms with E-state index in [9.17, 15) is 0 Å². The fourth-order valence-corrected chi connectivity index (χ4v) is 2.35. The van der Waals surface area contributed by atoms with E-state index >= 15 is 0 Å². The van der Waals surface area contributed by atoms with Crippen LogP contribution in [-0.2, 0) is 0 Å². The van der Waals surface area contributed by atoms with E-state index < -0.39 is 0 Å². The van der Waals surface area contributed by atoms with Gasteiger partial charge in [0.1, 0.15) is 5.75 Å². The lowest BCUT2D eigenvalue weighted by Crippen LogP contribution is -2.14. The Balaban J connectivity index is 2.48. The van der Waals surface area contributed by atoms with Crippen molar-refractivity contribution in [3.05, 3.63) is 22.7 Å². The van der Waals surface area contributed by atoms with Crippen molar-refractivity contribution in [1.29, 1.82) is 0 Å². The highest BCUT2D eigenvalue weighted by molar-refractivity contribution is 9.10. The Hall–Kier alpha value is -0.700. The summed E-state index contributed by atoms with van der Waals surface area (Å²) in [5.41, 5.74) is 1.14. The third-order valence-corrected chi connectivity index (χ3v) is 3.43. The summed E-state index contributed by atoms with van der Waals surface area (Å²) in [5, 5.41) is 3.51. The van der Waals surface area contributed by atoms with Crippen LogP contribution >= 0.6 is 15.9 Å². The van der Waals surface area contributed by atoms with Crippen molar-refractivity contribution in [1.82, 2.24) is 0 Å². The Bertz CT molecular complexity index is 341. The fourth-order valence-electron chi connectivity index (χ4n) is 1.81. The molecular weight excluding hydrogens is 278 g/mol. The molecule has 3 heteroatoms. The number of ether oxygens (including phenoxy) is 1. The average molecular weight is 300 g/mol. The monoisotopic (exact) mass is 299 g/mol. The van der Waals surface area contributed by atoms with Gasteiger partial charge in [-0.15, -0.1) is 0 Å². The molecule has 17 heavy (non-hydrogen) atoms. The molecule has 0 spiro atoms. The number of anilines is 1. The molecule has 0 saturated carbocycles. The first-order valence-electron chi connectivity index (χ1n) is 6.27. The molecule has 1 aromatic rings. The van der Waals surface area contributed by atoms with Crippen LogP contribution in [0.2, 0.25) is 0 Å². The van der Waals surface area contributed by atoms with Gasteiger partial charge >= 0.3 is 0 Å². The van der Waals surface area contributed by atoms with Gasteiger partial charge in [0.05, 0.1) is 11.6 Å². The van der Waals surface area contributed by atoms with Crippen molar-refractivity contribution in [3.63, 3.8) is 0 Å². The second kappa shape index (κ2) is 7.59. The van der Waals surface area contributed by atoms with E-state index in [1.807, 2.05) is 6.07 Å². The van der Waals surface area contributed by atoms with Crippen LogP contribution in [0.3, 0.4) is 0 Å². The van der Waals surface area contributed by atoms with Crippen molar-refractivity contribution in [2.75, 3.05) is 12.4 Å². The molecule has 1 N–H and O–H groups in total. The largest absolute Gasteiger partial charge is 0.496 e. The molecule has 0 radical (unpaired) electrons. The average Bonchev–Trinajstić information content (AvgIpc) is 2.29. The third kappa shape index (κ3) is 4.99. The maximum absolute atomic E-state index is 5.21. The summed E-state index contributed by atoms with van der Waals surface area (Å²) in [6, 6.07) is 6.61. The molecule has 0 aromatic heterocycles. The summed E-state index contributed by atoms with van der Waals surface area (Å²) in [6.45, 7) is 4.46. The minimum Gasteiger partial charge on any atom is -0.496 e. The number of hydrogen-bond acceptors (Lipinski definition) is 2. The lowest BCUT2D eigenvalue weighted by molar-refractivity contribution is 0.412. The van der Waals surface area contributed by atoms with Crippen molar-refractivity contribution >= 4 is 21.6 Å². The van der Waals surface area contributed by atoms with Gasteiger partial charge in [0, 0.05) is 11.7 Å². The number of unbranched alkanes of at least 4 members (excludes halogenated alkanes) is 2. The molecule has 0 aliphatic heterocycles. The normalized spacial score (nSPS) is 12.2. The Morgan fingerprint density at radius 3 is 2.71 bits per heavy atom. The highest BCUT2D eigenvalue weighted by Gasteiger charge is 2.04. The minimum absolute atomic E-state index is 0.516. The second-order valence-corrected chi connectivity index (χ2v) is 5.24. The number of hydrogen-bond donors (Lipinski definition) is 1. The summed E-state index contributed by atoms with van der Waals surface area (Å²) in [6.07, 6.45) is 5.11. The lowest BCUT2D eigenvalue weighted by atomic mass is 10.1. The Morgan fingerprint density at radius 1 is 1.35 bits per heavy atom. The number of halogens is 1. The van der Waals surface area contributed by atoms with E-state index in [1.54, 1.807) is 7.11 Å². The first kappa shape index (κ1) is 14.4. The van der Waals surface area contributed by atoms with Gasteiger partial charge in [-0.2, -0.15) is 0 Å². The van der Waals surface area contributed by atoms with Gasteiger partial charge in [-0.3, -0.25) is 0 Å². The van der Waals surface area contributed by atoms with Crippen molar-refractivity contribution in [3.8, 4) is 5.75 Å². The van der Waals surface area contributed by atoms with Gasteiger partial charge in [0.15, 0.2) is 0 Å². The van der Waals surface area contributed by atoms with Gasteiger partial charge in [0.2, 0.25) is 0 Å². The molecule has 0 aliphatic rings. The number of rotatable bonds is 7. The van der Waals surface area contributed by atoms with E-state index in [0.29, 0.717) is 6.04 Å². The maximum Gasteiger partial charge on any atom is 0.133 e. The summed E-state index contributed by atoms with van der Waals surface area (Å²) in [4.78, 5) is 0. The zero-order valence-corrected chi connectivity index (χ0v) is 12.5. The van der Waals surface area contributed by atoms with Crippen LogP contribution < -0.4 is 10.1 Å². The first-order chi connectivity index (χ1) is 8.17. The van der Waals surface area contributed by atoms with E-state index in [4.69, 9.17) is 4.74 Å². The van der Waals surface area contributed by atoms with E-state index in [-0.39, 0.29) is 0 Å². The lowest BCUT2D eigenvalue weighted by Gasteiger charge is -2.16.